The van der Waals surface area contributed by atoms with Crippen LogP contribution in [0.15, 0.2) is 0 Å². The number of ether oxygens (including phenoxy) is 4. The van der Waals surface area contributed by atoms with E-state index >= 15 is 0 Å². The summed E-state index contributed by atoms with van der Waals surface area (Å²) < 4.78 is 34.3. The van der Waals surface area contributed by atoms with E-state index in [-0.39, 0.29) is 34.4 Å². The Balaban J connectivity index is -0.00000102. The van der Waals surface area contributed by atoms with Crippen molar-refractivity contribution in [3.63, 3.8) is 0 Å². The van der Waals surface area contributed by atoms with E-state index in [9.17, 15) is 14.0 Å². The zero-order valence-corrected chi connectivity index (χ0v) is 20.0. The van der Waals surface area contributed by atoms with Crippen LogP contribution in [0.25, 0.3) is 0 Å². The molecule has 2 N–H and O–H groups in total. The van der Waals surface area contributed by atoms with Crippen LogP contribution < -0.4 is 10.6 Å². The monoisotopic (exact) mass is 456 g/mol. The second-order valence-corrected chi connectivity index (χ2v) is 6.74. The molecule has 0 saturated carbocycles. The molecule has 0 heterocycles. The molecule has 2 amide bonds. The first kappa shape index (κ1) is 31.9. The highest BCUT2D eigenvalue weighted by molar-refractivity contribution is 5.77. The summed E-state index contributed by atoms with van der Waals surface area (Å²) in [6, 6.07) is 0. The summed E-state index contributed by atoms with van der Waals surface area (Å²) in [5.74, 6) is -0.320. The van der Waals surface area contributed by atoms with E-state index in [4.69, 9.17) is 18.9 Å². The van der Waals surface area contributed by atoms with Crippen LogP contribution in [0.1, 0.15) is 62.1 Å². The van der Waals surface area contributed by atoms with Gasteiger partial charge in [-0.3, -0.25) is 9.59 Å². The molecule has 0 spiro atoms. The molecule has 0 aromatic rings. The highest BCUT2D eigenvalue weighted by Crippen LogP contribution is 1.99. The molecule has 0 aliphatic heterocycles. The van der Waals surface area contributed by atoms with Gasteiger partial charge < -0.3 is 29.6 Å². The van der Waals surface area contributed by atoms with Crippen molar-refractivity contribution < 1.29 is 35.8 Å². The molecule has 0 fully saturated rings. The number of nitrogens with one attached hydrogen (secondary N) is 2. The van der Waals surface area contributed by atoms with Crippen LogP contribution >= 0.6 is 0 Å². The Morgan fingerprint density at radius 1 is 0.839 bits per heavy atom. The second-order valence-electron chi connectivity index (χ2n) is 6.74. The molecule has 0 saturated heterocycles. The molecular formula is C22H49FN2O6. The minimum atomic E-state index is -1.16. The molecule has 8 nitrogen and oxygen atoms in total. The van der Waals surface area contributed by atoms with E-state index in [0.717, 1.165) is 38.5 Å². The number of rotatable bonds is 21. The van der Waals surface area contributed by atoms with Crippen molar-refractivity contribution in [1.82, 2.24) is 10.6 Å². The predicted molar refractivity (Wildman–Crippen MR) is 124 cm³/mol. The minimum Gasteiger partial charge on any atom is -0.379 e. The number of amides is 2. The van der Waals surface area contributed by atoms with Crippen LogP contribution in [-0.4, -0.2) is 84.4 Å². The van der Waals surface area contributed by atoms with Gasteiger partial charge in [0.05, 0.1) is 26.4 Å². The fourth-order valence-corrected chi connectivity index (χ4v) is 2.35. The third kappa shape index (κ3) is 28.7. The van der Waals surface area contributed by atoms with Crippen molar-refractivity contribution in [2.45, 2.75) is 65.5 Å². The molecule has 31 heavy (non-hydrogen) atoms. The van der Waals surface area contributed by atoms with Crippen molar-refractivity contribution in [1.29, 1.82) is 0 Å². The molecule has 190 valence electrons. The van der Waals surface area contributed by atoms with Gasteiger partial charge in [-0.2, -0.15) is 0 Å². The summed E-state index contributed by atoms with van der Waals surface area (Å²) in [5.41, 5.74) is 0. The lowest BCUT2D eigenvalue weighted by Gasteiger charge is -2.09. The van der Waals surface area contributed by atoms with Crippen LogP contribution in [0, 0.1) is 0 Å². The Kier molecular flexibility index (Phi) is 27.5. The van der Waals surface area contributed by atoms with Gasteiger partial charge in [0, 0.05) is 43.3 Å². The second kappa shape index (κ2) is 26.7. The van der Waals surface area contributed by atoms with Crippen molar-refractivity contribution in [3.05, 3.63) is 0 Å². The van der Waals surface area contributed by atoms with Gasteiger partial charge in [0.2, 0.25) is 11.8 Å². The maximum Gasteiger partial charge on any atom is 0.245 e. The van der Waals surface area contributed by atoms with Crippen molar-refractivity contribution in [2.24, 2.45) is 0 Å². The smallest absolute Gasteiger partial charge is 0.245 e. The molecule has 1 atom stereocenters. The fraction of sp³-hybridized carbons (Fsp3) is 0.909. The first-order chi connectivity index (χ1) is 15.1. The van der Waals surface area contributed by atoms with Gasteiger partial charge in [-0.15, -0.1) is 0 Å². The molecule has 0 aromatic heterocycles. The van der Waals surface area contributed by atoms with E-state index in [0.29, 0.717) is 39.6 Å². The number of methoxy groups -OCH3 is 1. The molecular weight excluding hydrogens is 407 g/mol. The van der Waals surface area contributed by atoms with Gasteiger partial charge in [0.1, 0.15) is 12.8 Å². The summed E-state index contributed by atoms with van der Waals surface area (Å²) >= 11 is 0. The quantitative estimate of drug-likeness (QED) is 0.258. The van der Waals surface area contributed by atoms with Gasteiger partial charge in [0.25, 0.3) is 0 Å². The van der Waals surface area contributed by atoms with Crippen LogP contribution in [0.5, 0.6) is 0 Å². The highest BCUT2D eigenvalue weighted by Gasteiger charge is 2.06. The van der Waals surface area contributed by atoms with E-state index in [1.807, 2.05) is 13.8 Å². The van der Waals surface area contributed by atoms with Gasteiger partial charge >= 0.3 is 0 Å². The third-order valence-electron chi connectivity index (χ3n) is 3.88. The summed E-state index contributed by atoms with van der Waals surface area (Å²) in [7, 11) is 1.50. The zero-order valence-electron chi connectivity index (χ0n) is 20.0. The van der Waals surface area contributed by atoms with E-state index in [2.05, 4.69) is 10.6 Å². The van der Waals surface area contributed by atoms with Crippen LogP contribution in [0.2, 0.25) is 0 Å². The number of unbranched alkanes of at least 4 members (excludes halogenated alkanes) is 4. The number of hydrogen-bond donors (Lipinski definition) is 2. The van der Waals surface area contributed by atoms with Gasteiger partial charge in [-0.25, -0.2) is 4.39 Å². The number of alkyl halides is 1. The third-order valence-corrected chi connectivity index (χ3v) is 3.88. The Hall–Kier alpha value is -1.29. The summed E-state index contributed by atoms with van der Waals surface area (Å²) in [6.45, 7) is 9.20. The lowest BCUT2D eigenvalue weighted by Crippen LogP contribution is -2.30. The molecule has 1 unspecified atom stereocenters. The summed E-state index contributed by atoms with van der Waals surface area (Å²) in [5, 5.41) is 5.20. The molecule has 0 aliphatic rings. The first-order valence-corrected chi connectivity index (χ1v) is 11.4. The fourth-order valence-electron chi connectivity index (χ4n) is 2.35. The van der Waals surface area contributed by atoms with Crippen molar-refractivity contribution >= 4 is 11.8 Å². The van der Waals surface area contributed by atoms with Crippen LogP contribution in [0.4, 0.5) is 4.39 Å². The summed E-state index contributed by atoms with van der Waals surface area (Å²) in [4.78, 5) is 21.8. The number of hydrogen-bond acceptors (Lipinski definition) is 6. The first-order valence-electron chi connectivity index (χ1n) is 11.4. The lowest BCUT2D eigenvalue weighted by atomic mass is 10.2. The molecule has 0 rings (SSSR count). The maximum absolute atomic E-state index is 13.3. The van der Waals surface area contributed by atoms with E-state index in [1.165, 1.54) is 14.0 Å². The van der Waals surface area contributed by atoms with Gasteiger partial charge in [0.15, 0.2) is 0 Å². The molecule has 0 aromatic carbocycles. The Bertz CT molecular complexity index is 413. The van der Waals surface area contributed by atoms with Crippen molar-refractivity contribution in [3.8, 4) is 0 Å². The largest absolute Gasteiger partial charge is 0.379 e. The van der Waals surface area contributed by atoms with E-state index < -0.39 is 6.17 Å². The number of halogens is 1. The van der Waals surface area contributed by atoms with Gasteiger partial charge in [-0.05, 0) is 38.5 Å². The number of carbonyl (C=O) groups excluding carboxylic acids is 2. The SMILES string of the molecule is CC.COCC(=O)NCCCCCOCCOCCCCCOCC(F)CNC(C)=O.[HH].[HH]. The molecule has 0 bridgehead atoms. The predicted octanol–water partition coefficient (Wildman–Crippen LogP) is 3.13. The average Bonchev–Trinajstić information content (AvgIpc) is 2.76. The van der Waals surface area contributed by atoms with Gasteiger partial charge in [-0.1, -0.05) is 13.8 Å². The zero-order chi connectivity index (χ0) is 23.6. The average molecular weight is 457 g/mol. The lowest BCUT2D eigenvalue weighted by molar-refractivity contribution is -0.124. The Morgan fingerprint density at radius 3 is 1.94 bits per heavy atom. The molecule has 0 radical (unpaired) electrons. The Labute approximate surface area is 190 Å². The highest BCUT2D eigenvalue weighted by atomic mass is 19.1. The molecule has 0 aliphatic carbocycles. The number of carbonyl (C=O) groups is 2. The topological polar surface area (TPSA) is 95.1 Å². The van der Waals surface area contributed by atoms with E-state index in [1.54, 1.807) is 0 Å². The molecule has 9 heteroatoms. The van der Waals surface area contributed by atoms with Crippen molar-refractivity contribution in [2.75, 3.05) is 66.4 Å². The Morgan fingerprint density at radius 2 is 1.39 bits per heavy atom. The maximum atomic E-state index is 13.3. The normalized spacial score (nSPS) is 11.4. The standard InChI is InChI=1S/C20H39FN2O6.C2H6.2H2/c1-18(24)23-15-19(21)16-29-12-8-4-7-11-28-14-13-27-10-6-3-5-9-22-20(25)17-26-2;1-2;;/h19H,3-17H2,1-2H3,(H,22,25)(H,23,24);1-2H3;2*1H. The minimum absolute atomic E-state index is 0. The summed E-state index contributed by atoms with van der Waals surface area (Å²) in [6.07, 6.45) is 4.49. The van der Waals surface area contributed by atoms with Crippen LogP contribution in [-0.2, 0) is 28.5 Å². The van der Waals surface area contributed by atoms with Crippen LogP contribution in [0.3, 0.4) is 0 Å².